The lowest BCUT2D eigenvalue weighted by Crippen LogP contribution is -2.42. The number of anilines is 1. The lowest BCUT2D eigenvalue weighted by molar-refractivity contribution is -0.137. The Hall–Kier alpha value is -1.65. The quantitative estimate of drug-likeness (QED) is 0.861. The van der Waals surface area contributed by atoms with Gasteiger partial charge >= 0.3 is 6.18 Å². The van der Waals surface area contributed by atoms with Crippen molar-refractivity contribution in [1.29, 1.82) is 0 Å². The van der Waals surface area contributed by atoms with Crippen LogP contribution in [-0.4, -0.2) is 50.7 Å². The first kappa shape index (κ1) is 18.7. The van der Waals surface area contributed by atoms with Crippen LogP contribution in [-0.2, 0) is 25.7 Å². The van der Waals surface area contributed by atoms with Gasteiger partial charge in [-0.05, 0) is 12.1 Å². The van der Waals surface area contributed by atoms with E-state index < -0.39 is 45.5 Å². The SMILES string of the molecule is O=C(CCS(=O)(=O)N1CCOCC1)Nc1ccccc1C(F)(F)F. The monoisotopic (exact) mass is 366 g/mol. The van der Waals surface area contributed by atoms with Crippen LogP contribution >= 0.6 is 0 Å². The number of nitrogens with zero attached hydrogens (tertiary/aromatic N) is 1. The molecule has 0 saturated carbocycles. The number of halogens is 3. The van der Waals surface area contributed by atoms with Crippen LogP contribution in [0.1, 0.15) is 12.0 Å². The van der Waals surface area contributed by atoms with E-state index in [0.29, 0.717) is 0 Å². The van der Waals surface area contributed by atoms with Gasteiger partial charge in [0.2, 0.25) is 15.9 Å². The normalized spacial score (nSPS) is 16.8. The molecule has 1 aliphatic heterocycles. The van der Waals surface area contributed by atoms with Gasteiger partial charge in [0, 0.05) is 19.5 Å². The summed E-state index contributed by atoms with van der Waals surface area (Å²) in [6.07, 6.45) is -5.03. The molecule has 1 saturated heterocycles. The Bertz CT molecular complexity index is 686. The molecule has 0 atom stereocenters. The molecule has 2 rings (SSSR count). The first-order chi connectivity index (χ1) is 11.2. The second-order valence-electron chi connectivity index (χ2n) is 5.17. The van der Waals surface area contributed by atoms with E-state index in [4.69, 9.17) is 4.74 Å². The predicted molar refractivity (Wildman–Crippen MR) is 80.9 cm³/mol. The largest absolute Gasteiger partial charge is 0.418 e. The van der Waals surface area contributed by atoms with E-state index in [1.807, 2.05) is 0 Å². The minimum absolute atomic E-state index is 0.209. The van der Waals surface area contributed by atoms with Crippen LogP contribution in [0, 0.1) is 0 Å². The van der Waals surface area contributed by atoms with Gasteiger partial charge in [0.25, 0.3) is 0 Å². The molecule has 0 spiro atoms. The summed E-state index contributed by atoms with van der Waals surface area (Å²) in [7, 11) is -3.64. The third kappa shape index (κ3) is 4.92. The van der Waals surface area contributed by atoms with Crippen LogP contribution < -0.4 is 5.32 Å². The third-order valence-corrected chi connectivity index (χ3v) is 5.33. The van der Waals surface area contributed by atoms with E-state index in [-0.39, 0.29) is 26.3 Å². The molecule has 1 fully saturated rings. The van der Waals surface area contributed by atoms with Crippen molar-refractivity contribution in [2.45, 2.75) is 12.6 Å². The van der Waals surface area contributed by atoms with Crippen LogP contribution in [0.4, 0.5) is 18.9 Å². The number of alkyl halides is 3. The minimum atomic E-state index is -4.61. The summed E-state index contributed by atoms with van der Waals surface area (Å²) in [6, 6.07) is 4.54. The molecule has 0 aromatic heterocycles. The summed E-state index contributed by atoms with van der Waals surface area (Å²) < 4.78 is 69.0. The lowest BCUT2D eigenvalue weighted by atomic mass is 10.1. The standard InChI is InChI=1S/C14H17F3N2O4S/c15-14(16,17)11-3-1-2-4-12(11)18-13(20)5-10-24(21,22)19-6-8-23-9-7-19/h1-4H,5-10H2,(H,18,20). The van der Waals surface area contributed by atoms with Gasteiger partial charge in [0.15, 0.2) is 0 Å². The van der Waals surface area contributed by atoms with Crippen molar-refractivity contribution >= 4 is 21.6 Å². The highest BCUT2D eigenvalue weighted by molar-refractivity contribution is 7.89. The van der Waals surface area contributed by atoms with E-state index >= 15 is 0 Å². The molecule has 1 heterocycles. The highest BCUT2D eigenvalue weighted by Crippen LogP contribution is 2.34. The van der Waals surface area contributed by atoms with Gasteiger partial charge in [-0.1, -0.05) is 12.1 Å². The zero-order valence-corrected chi connectivity index (χ0v) is 13.5. The number of nitrogens with one attached hydrogen (secondary N) is 1. The molecule has 0 unspecified atom stereocenters. The fourth-order valence-electron chi connectivity index (χ4n) is 2.23. The number of morpholine rings is 1. The van der Waals surface area contributed by atoms with Crippen molar-refractivity contribution in [3.8, 4) is 0 Å². The van der Waals surface area contributed by atoms with Crippen molar-refractivity contribution in [2.24, 2.45) is 0 Å². The number of amides is 1. The van der Waals surface area contributed by atoms with Crippen molar-refractivity contribution in [3.63, 3.8) is 0 Å². The highest BCUT2D eigenvalue weighted by atomic mass is 32.2. The van der Waals surface area contributed by atoms with Crippen LogP contribution in [0.5, 0.6) is 0 Å². The smallest absolute Gasteiger partial charge is 0.379 e. The minimum Gasteiger partial charge on any atom is -0.379 e. The number of hydrogen-bond donors (Lipinski definition) is 1. The zero-order valence-electron chi connectivity index (χ0n) is 12.7. The molecule has 1 aliphatic rings. The predicted octanol–water partition coefficient (Wildman–Crippen LogP) is 1.70. The molecule has 1 aromatic rings. The van der Waals surface area contributed by atoms with Crippen molar-refractivity contribution in [1.82, 2.24) is 4.31 Å². The number of carbonyl (C=O) groups is 1. The first-order valence-corrected chi connectivity index (χ1v) is 8.83. The Morgan fingerprint density at radius 2 is 1.83 bits per heavy atom. The number of para-hydroxylation sites is 1. The molecule has 1 amide bonds. The van der Waals surface area contributed by atoms with Gasteiger partial charge < -0.3 is 10.1 Å². The molecule has 0 radical (unpaired) electrons. The second kappa shape index (κ2) is 7.49. The lowest BCUT2D eigenvalue weighted by Gasteiger charge is -2.25. The van der Waals surface area contributed by atoms with Crippen LogP contribution in [0.25, 0.3) is 0 Å². The van der Waals surface area contributed by atoms with Gasteiger partial charge in [-0.3, -0.25) is 4.79 Å². The number of hydrogen-bond acceptors (Lipinski definition) is 4. The average molecular weight is 366 g/mol. The first-order valence-electron chi connectivity index (χ1n) is 7.22. The molecule has 1 N–H and O–H groups in total. The van der Waals surface area contributed by atoms with Gasteiger partial charge in [-0.25, -0.2) is 8.42 Å². The summed E-state index contributed by atoms with van der Waals surface area (Å²) in [6.45, 7) is 0.983. The molecular weight excluding hydrogens is 349 g/mol. The molecule has 24 heavy (non-hydrogen) atoms. The summed E-state index contributed by atoms with van der Waals surface area (Å²) in [5, 5.41) is 2.13. The Morgan fingerprint density at radius 1 is 1.21 bits per heavy atom. The Balaban J connectivity index is 1.97. The number of benzene rings is 1. The molecular formula is C14H17F3N2O4S. The topological polar surface area (TPSA) is 75.7 Å². The summed E-state index contributed by atoms with van der Waals surface area (Å²) in [5.41, 5.74) is -1.37. The number of rotatable bonds is 5. The van der Waals surface area contributed by atoms with Gasteiger partial charge in [0.05, 0.1) is 30.2 Å². The fraction of sp³-hybridized carbons (Fsp3) is 0.500. The molecule has 6 nitrogen and oxygen atoms in total. The molecule has 1 aromatic carbocycles. The summed E-state index contributed by atoms with van der Waals surface area (Å²) in [5.74, 6) is -1.25. The van der Waals surface area contributed by atoms with Crippen molar-refractivity contribution in [3.05, 3.63) is 29.8 Å². The van der Waals surface area contributed by atoms with Gasteiger partial charge in [0.1, 0.15) is 0 Å². The van der Waals surface area contributed by atoms with E-state index in [1.54, 1.807) is 0 Å². The highest BCUT2D eigenvalue weighted by Gasteiger charge is 2.33. The van der Waals surface area contributed by atoms with Gasteiger partial charge in [-0.2, -0.15) is 17.5 Å². The van der Waals surface area contributed by atoms with E-state index in [2.05, 4.69) is 5.32 Å². The van der Waals surface area contributed by atoms with Crippen molar-refractivity contribution in [2.75, 3.05) is 37.4 Å². The number of sulfonamides is 1. The second-order valence-corrected chi connectivity index (χ2v) is 7.26. The van der Waals surface area contributed by atoms with E-state index in [9.17, 15) is 26.4 Å². The fourth-order valence-corrected chi connectivity index (χ4v) is 3.63. The third-order valence-electron chi connectivity index (χ3n) is 3.46. The van der Waals surface area contributed by atoms with Gasteiger partial charge in [-0.15, -0.1) is 0 Å². The summed E-state index contributed by atoms with van der Waals surface area (Å²) >= 11 is 0. The maximum Gasteiger partial charge on any atom is 0.418 e. The Morgan fingerprint density at radius 3 is 2.46 bits per heavy atom. The summed E-state index contributed by atoms with van der Waals surface area (Å²) in [4.78, 5) is 11.8. The number of carbonyl (C=O) groups excluding carboxylic acids is 1. The molecule has 10 heteroatoms. The number of ether oxygens (including phenoxy) is 1. The van der Waals surface area contributed by atoms with E-state index in [0.717, 1.165) is 12.1 Å². The zero-order chi connectivity index (χ0) is 17.8. The average Bonchev–Trinajstić information content (AvgIpc) is 2.53. The van der Waals surface area contributed by atoms with Crippen molar-refractivity contribution < 1.29 is 31.1 Å². The van der Waals surface area contributed by atoms with E-state index in [1.165, 1.54) is 16.4 Å². The maximum absolute atomic E-state index is 12.9. The Labute approximate surface area is 137 Å². The molecule has 134 valence electrons. The Kier molecular flexibility index (Phi) is 5.83. The van der Waals surface area contributed by atoms with Crippen LogP contribution in [0.3, 0.4) is 0 Å². The van der Waals surface area contributed by atoms with Crippen LogP contribution in [0.2, 0.25) is 0 Å². The molecule has 0 bridgehead atoms. The molecule has 0 aliphatic carbocycles. The van der Waals surface area contributed by atoms with Crippen LogP contribution in [0.15, 0.2) is 24.3 Å². The maximum atomic E-state index is 12.9.